The topological polar surface area (TPSA) is 30.0 Å². The molecule has 1 aliphatic rings. The summed E-state index contributed by atoms with van der Waals surface area (Å²) in [6.07, 6.45) is 7.28. The van der Waals surface area contributed by atoms with Crippen LogP contribution in [0.25, 0.3) is 11.3 Å². The van der Waals surface area contributed by atoms with Crippen LogP contribution in [0.1, 0.15) is 37.2 Å². The number of hydrogen-bond acceptors (Lipinski definition) is 2. The molecule has 0 radical (unpaired) electrons. The number of aldehydes is 1. The lowest BCUT2D eigenvalue weighted by molar-refractivity contribution is -0.111. The van der Waals surface area contributed by atoms with Gasteiger partial charge in [-0.2, -0.15) is 0 Å². The number of hydrogen-bond donors (Lipinski definition) is 0. The Labute approximate surface area is 130 Å². The van der Waals surface area contributed by atoms with E-state index in [9.17, 15) is 4.79 Å². The van der Waals surface area contributed by atoms with E-state index < -0.39 is 0 Å². The van der Waals surface area contributed by atoms with Crippen molar-refractivity contribution in [3.8, 4) is 11.3 Å². The third-order valence-corrected chi connectivity index (χ3v) is 4.61. The van der Waals surface area contributed by atoms with Crippen molar-refractivity contribution in [2.75, 3.05) is 0 Å². The summed E-state index contributed by atoms with van der Waals surface area (Å²) in [5, 5.41) is 0.738. The summed E-state index contributed by atoms with van der Waals surface area (Å²) in [5.74, 6) is 0.815. The summed E-state index contributed by atoms with van der Waals surface area (Å²) >= 11 is 5.90. The Balaban J connectivity index is 1.72. The van der Waals surface area contributed by atoms with Crippen molar-refractivity contribution in [2.45, 2.75) is 31.6 Å². The lowest BCUT2D eigenvalue weighted by Gasteiger charge is -2.25. The Hall–Kier alpha value is -1.67. The summed E-state index contributed by atoms with van der Waals surface area (Å²) in [7, 11) is 0. The fourth-order valence-corrected chi connectivity index (χ4v) is 3.15. The first-order valence-corrected chi connectivity index (χ1v) is 7.81. The SMILES string of the molecule is O=C[C@H]1CC[C@H](c2ccc(-c3ccc(Cl)cc3)nc2)CC1. The molecule has 0 saturated heterocycles. The molecule has 108 valence electrons. The van der Waals surface area contributed by atoms with Gasteiger partial charge in [-0.25, -0.2) is 0 Å². The van der Waals surface area contributed by atoms with Crippen LogP contribution in [0.4, 0.5) is 0 Å². The third-order valence-electron chi connectivity index (χ3n) is 4.36. The lowest BCUT2D eigenvalue weighted by Crippen LogP contribution is -2.14. The Morgan fingerprint density at radius 2 is 1.71 bits per heavy atom. The molecule has 1 fully saturated rings. The van der Waals surface area contributed by atoms with E-state index in [1.165, 1.54) is 5.56 Å². The maximum absolute atomic E-state index is 10.8. The monoisotopic (exact) mass is 299 g/mol. The van der Waals surface area contributed by atoms with Gasteiger partial charge < -0.3 is 4.79 Å². The first-order chi connectivity index (χ1) is 10.3. The van der Waals surface area contributed by atoms with Gasteiger partial charge in [-0.3, -0.25) is 4.98 Å². The molecular formula is C18H18ClNO. The highest BCUT2D eigenvalue weighted by Crippen LogP contribution is 2.35. The van der Waals surface area contributed by atoms with Crippen LogP contribution in [0, 0.1) is 5.92 Å². The molecule has 0 spiro atoms. The maximum Gasteiger partial charge on any atom is 0.123 e. The summed E-state index contributed by atoms with van der Waals surface area (Å²) in [6, 6.07) is 12.0. The van der Waals surface area contributed by atoms with Gasteiger partial charge in [-0.05, 0) is 55.4 Å². The van der Waals surface area contributed by atoms with Gasteiger partial charge in [-0.1, -0.05) is 29.8 Å². The molecule has 1 saturated carbocycles. The molecule has 0 unspecified atom stereocenters. The standard InChI is InChI=1S/C18H18ClNO/c19-17-8-5-15(6-9-17)18-10-7-16(11-20-18)14-3-1-13(12-21)2-4-14/h5-14H,1-4H2/t13-,14-. The van der Waals surface area contributed by atoms with E-state index in [1.807, 2.05) is 30.5 Å². The van der Waals surface area contributed by atoms with Gasteiger partial charge >= 0.3 is 0 Å². The van der Waals surface area contributed by atoms with Crippen molar-refractivity contribution in [1.82, 2.24) is 4.98 Å². The van der Waals surface area contributed by atoms with E-state index in [0.717, 1.165) is 48.2 Å². The summed E-state index contributed by atoms with van der Waals surface area (Å²) in [4.78, 5) is 15.4. The predicted molar refractivity (Wildman–Crippen MR) is 85.4 cm³/mol. The average molecular weight is 300 g/mol. The van der Waals surface area contributed by atoms with E-state index >= 15 is 0 Å². The number of pyridine rings is 1. The van der Waals surface area contributed by atoms with Crippen molar-refractivity contribution < 1.29 is 4.79 Å². The zero-order chi connectivity index (χ0) is 14.7. The second-order valence-corrected chi connectivity index (χ2v) is 6.17. The number of halogens is 1. The van der Waals surface area contributed by atoms with Crippen LogP contribution in [0.3, 0.4) is 0 Å². The molecule has 0 N–H and O–H groups in total. The molecule has 1 aromatic heterocycles. The molecule has 2 nitrogen and oxygen atoms in total. The molecule has 1 aliphatic carbocycles. The fourth-order valence-electron chi connectivity index (χ4n) is 3.03. The summed E-state index contributed by atoms with van der Waals surface area (Å²) < 4.78 is 0. The molecule has 1 heterocycles. The molecule has 2 aromatic rings. The largest absolute Gasteiger partial charge is 0.303 e. The zero-order valence-electron chi connectivity index (χ0n) is 11.8. The van der Waals surface area contributed by atoms with Crippen LogP contribution in [0.15, 0.2) is 42.6 Å². The minimum Gasteiger partial charge on any atom is -0.303 e. The zero-order valence-corrected chi connectivity index (χ0v) is 12.6. The van der Waals surface area contributed by atoms with Gasteiger partial charge in [0, 0.05) is 22.7 Å². The molecule has 0 amide bonds. The van der Waals surface area contributed by atoms with Crippen LogP contribution in [0.2, 0.25) is 5.02 Å². The molecule has 0 bridgehead atoms. The molecule has 3 rings (SSSR count). The van der Waals surface area contributed by atoms with Gasteiger partial charge in [0.2, 0.25) is 0 Å². The number of carbonyl (C=O) groups is 1. The van der Waals surface area contributed by atoms with Crippen molar-refractivity contribution >= 4 is 17.9 Å². The molecule has 1 aromatic carbocycles. The van der Waals surface area contributed by atoms with Crippen LogP contribution in [-0.4, -0.2) is 11.3 Å². The summed E-state index contributed by atoms with van der Waals surface area (Å²) in [5.41, 5.74) is 3.34. The Morgan fingerprint density at radius 1 is 1.00 bits per heavy atom. The molecule has 0 aliphatic heterocycles. The first-order valence-electron chi connectivity index (χ1n) is 7.43. The third kappa shape index (κ3) is 3.33. The smallest absolute Gasteiger partial charge is 0.123 e. The Kier molecular flexibility index (Phi) is 4.35. The second-order valence-electron chi connectivity index (χ2n) is 5.73. The highest BCUT2D eigenvalue weighted by Gasteiger charge is 2.22. The number of rotatable bonds is 3. The summed E-state index contributed by atoms with van der Waals surface area (Å²) in [6.45, 7) is 0. The van der Waals surface area contributed by atoms with Gasteiger partial charge in [-0.15, -0.1) is 0 Å². The van der Waals surface area contributed by atoms with E-state index in [-0.39, 0.29) is 5.92 Å². The Morgan fingerprint density at radius 3 is 2.29 bits per heavy atom. The van der Waals surface area contributed by atoms with E-state index in [4.69, 9.17) is 11.6 Å². The minimum atomic E-state index is 0.266. The van der Waals surface area contributed by atoms with Crippen LogP contribution < -0.4 is 0 Å². The van der Waals surface area contributed by atoms with Gasteiger partial charge in [0.05, 0.1) is 5.69 Å². The van der Waals surface area contributed by atoms with Crippen molar-refractivity contribution in [1.29, 1.82) is 0 Å². The highest BCUT2D eigenvalue weighted by atomic mass is 35.5. The molecule has 0 atom stereocenters. The van der Waals surface area contributed by atoms with Crippen molar-refractivity contribution in [3.63, 3.8) is 0 Å². The van der Waals surface area contributed by atoms with E-state index in [0.29, 0.717) is 5.92 Å². The second kappa shape index (κ2) is 6.40. The Bertz CT molecular complexity index is 598. The predicted octanol–water partition coefficient (Wildman–Crippen LogP) is 4.87. The molecule has 3 heteroatoms. The van der Waals surface area contributed by atoms with Gasteiger partial charge in [0.1, 0.15) is 6.29 Å². The number of nitrogens with zero attached hydrogens (tertiary/aromatic N) is 1. The highest BCUT2D eigenvalue weighted by molar-refractivity contribution is 6.30. The number of carbonyl (C=O) groups excluding carboxylic acids is 1. The van der Waals surface area contributed by atoms with Crippen molar-refractivity contribution in [2.24, 2.45) is 5.92 Å². The van der Waals surface area contributed by atoms with Crippen LogP contribution in [-0.2, 0) is 4.79 Å². The molecular weight excluding hydrogens is 282 g/mol. The van der Waals surface area contributed by atoms with Crippen molar-refractivity contribution in [3.05, 3.63) is 53.2 Å². The molecule has 21 heavy (non-hydrogen) atoms. The average Bonchev–Trinajstić information content (AvgIpc) is 2.56. The van der Waals surface area contributed by atoms with Crippen LogP contribution in [0.5, 0.6) is 0 Å². The quantitative estimate of drug-likeness (QED) is 0.756. The maximum atomic E-state index is 10.8. The van der Waals surface area contributed by atoms with Crippen LogP contribution >= 0.6 is 11.6 Å². The minimum absolute atomic E-state index is 0.266. The first kappa shape index (κ1) is 14.3. The van der Waals surface area contributed by atoms with E-state index in [2.05, 4.69) is 17.1 Å². The lowest BCUT2D eigenvalue weighted by atomic mass is 9.79. The van der Waals surface area contributed by atoms with E-state index in [1.54, 1.807) is 0 Å². The fraction of sp³-hybridized carbons (Fsp3) is 0.333. The normalized spacial score (nSPS) is 22.0. The number of benzene rings is 1. The van der Waals surface area contributed by atoms with Gasteiger partial charge in [0.25, 0.3) is 0 Å². The van der Waals surface area contributed by atoms with Gasteiger partial charge in [0.15, 0.2) is 0 Å². The number of aromatic nitrogens is 1.